The summed E-state index contributed by atoms with van der Waals surface area (Å²) in [6, 6.07) is 2.11. The predicted octanol–water partition coefficient (Wildman–Crippen LogP) is 4.09. The summed E-state index contributed by atoms with van der Waals surface area (Å²) in [6.45, 7) is 15.2. The number of ether oxygens (including phenoxy) is 1. The molecule has 0 atom stereocenters. The zero-order chi connectivity index (χ0) is 19.8. The van der Waals surface area contributed by atoms with Crippen molar-refractivity contribution in [2.24, 2.45) is 0 Å². The van der Waals surface area contributed by atoms with Gasteiger partial charge in [-0.3, -0.25) is 0 Å². The van der Waals surface area contributed by atoms with E-state index in [1.54, 1.807) is 4.90 Å². The molecule has 0 unspecified atom stereocenters. The number of piperazine rings is 1. The summed E-state index contributed by atoms with van der Waals surface area (Å²) >= 11 is 6.26. The van der Waals surface area contributed by atoms with Crippen molar-refractivity contribution >= 4 is 29.2 Å². The van der Waals surface area contributed by atoms with Crippen molar-refractivity contribution in [3.05, 3.63) is 27.7 Å². The minimum absolute atomic E-state index is 0.149. The molecule has 0 radical (unpaired) electrons. The van der Waals surface area contributed by atoms with E-state index < -0.39 is 5.60 Å². The Hall–Kier alpha value is -2.51. The number of anilines is 1. The van der Waals surface area contributed by atoms with Crippen molar-refractivity contribution in [3.63, 3.8) is 0 Å². The molecule has 1 aromatic heterocycles. The largest absolute Gasteiger partial charge is 0.444 e. The van der Waals surface area contributed by atoms with Gasteiger partial charge in [-0.25, -0.2) is 14.6 Å². The fourth-order valence-corrected chi connectivity index (χ4v) is 3.41. The zero-order valence-electron chi connectivity index (χ0n) is 15.8. The van der Waals surface area contributed by atoms with Gasteiger partial charge in [-0.15, -0.1) is 0 Å². The van der Waals surface area contributed by atoms with Crippen LogP contribution in [0, 0.1) is 17.9 Å². The molecule has 27 heavy (non-hydrogen) atoms. The predicted molar refractivity (Wildman–Crippen MR) is 102 cm³/mol. The van der Waals surface area contributed by atoms with Crippen molar-refractivity contribution in [2.45, 2.75) is 45.1 Å². The van der Waals surface area contributed by atoms with Crippen LogP contribution >= 0.6 is 11.6 Å². The zero-order valence-corrected chi connectivity index (χ0v) is 16.5. The van der Waals surface area contributed by atoms with Crippen molar-refractivity contribution < 1.29 is 9.53 Å². The minimum Gasteiger partial charge on any atom is -0.444 e. The molecule has 3 rings (SSSR count). The van der Waals surface area contributed by atoms with Gasteiger partial charge in [-0.1, -0.05) is 11.6 Å². The molecule has 1 amide bonds. The van der Waals surface area contributed by atoms with Crippen LogP contribution in [-0.4, -0.2) is 47.8 Å². The Kier molecular flexibility index (Phi) is 5.17. The van der Waals surface area contributed by atoms with Gasteiger partial charge in [0.1, 0.15) is 22.6 Å². The minimum atomic E-state index is -0.535. The summed E-state index contributed by atoms with van der Waals surface area (Å²) in [4.78, 5) is 23.9. The molecule has 0 spiro atoms. The number of aromatic nitrogens is 1. The first-order chi connectivity index (χ1) is 12.7. The fourth-order valence-electron chi connectivity index (χ4n) is 3.19. The van der Waals surface area contributed by atoms with E-state index in [0.29, 0.717) is 43.2 Å². The highest BCUT2D eigenvalue weighted by molar-refractivity contribution is 6.31. The molecule has 0 bridgehead atoms. The Morgan fingerprint density at radius 3 is 2.44 bits per heavy atom. The second kappa shape index (κ2) is 7.25. The lowest BCUT2D eigenvalue weighted by atomic mass is 10.0. The third-order valence-electron chi connectivity index (χ3n) is 4.59. The molecule has 2 heterocycles. The lowest BCUT2D eigenvalue weighted by Crippen LogP contribution is -2.50. The Morgan fingerprint density at radius 1 is 1.33 bits per heavy atom. The van der Waals surface area contributed by atoms with Gasteiger partial charge < -0.3 is 14.5 Å². The van der Waals surface area contributed by atoms with Gasteiger partial charge in [0.25, 0.3) is 0 Å². The van der Waals surface area contributed by atoms with Crippen LogP contribution in [0.15, 0.2) is 0 Å². The molecule has 2 aliphatic rings. The summed E-state index contributed by atoms with van der Waals surface area (Å²) in [5.74, 6) is 0.728. The van der Waals surface area contributed by atoms with E-state index in [0.717, 1.165) is 18.4 Å². The van der Waals surface area contributed by atoms with Crippen molar-refractivity contribution in [2.75, 3.05) is 31.1 Å². The lowest BCUT2D eigenvalue weighted by molar-refractivity contribution is 0.0240. The Morgan fingerprint density at radius 2 is 1.96 bits per heavy atom. The normalized spacial score (nSPS) is 17.3. The number of carbonyl (C=O) groups excluding carboxylic acids is 1. The highest BCUT2D eigenvalue weighted by atomic mass is 35.5. The second-order valence-corrected chi connectivity index (χ2v) is 8.17. The van der Waals surface area contributed by atoms with Crippen LogP contribution in [0.3, 0.4) is 0 Å². The van der Waals surface area contributed by atoms with E-state index in [1.165, 1.54) is 0 Å². The molecule has 1 aliphatic heterocycles. The molecule has 0 N–H and O–H groups in total. The number of hydrogen-bond donors (Lipinski definition) is 0. The van der Waals surface area contributed by atoms with Crippen LogP contribution in [0.1, 0.15) is 50.7 Å². The van der Waals surface area contributed by atoms with Gasteiger partial charge in [0.05, 0.1) is 12.1 Å². The van der Waals surface area contributed by atoms with Crippen LogP contribution in [0.2, 0.25) is 5.15 Å². The molecule has 2 fully saturated rings. The highest BCUT2D eigenvalue weighted by Crippen LogP contribution is 2.50. The molecule has 8 heteroatoms. The van der Waals surface area contributed by atoms with Gasteiger partial charge in [0.2, 0.25) is 5.69 Å². The lowest BCUT2D eigenvalue weighted by Gasteiger charge is -2.37. The van der Waals surface area contributed by atoms with Crippen molar-refractivity contribution in [1.29, 1.82) is 5.26 Å². The van der Waals surface area contributed by atoms with Crippen LogP contribution in [0.5, 0.6) is 0 Å². The summed E-state index contributed by atoms with van der Waals surface area (Å²) in [7, 11) is 0. The number of rotatable bonds is 2. The molecule has 0 aromatic carbocycles. The number of nitriles is 1. The van der Waals surface area contributed by atoms with E-state index in [-0.39, 0.29) is 17.2 Å². The molecule has 1 aliphatic carbocycles. The maximum absolute atomic E-state index is 12.2. The molecule has 1 saturated heterocycles. The summed E-state index contributed by atoms with van der Waals surface area (Å²) in [6.07, 6.45) is 1.59. The van der Waals surface area contributed by atoms with E-state index >= 15 is 0 Å². The van der Waals surface area contributed by atoms with Crippen molar-refractivity contribution in [3.8, 4) is 6.07 Å². The van der Waals surface area contributed by atoms with E-state index in [2.05, 4.69) is 15.9 Å². The smallest absolute Gasteiger partial charge is 0.410 e. The number of nitrogens with zero attached hydrogens (tertiary/aromatic N) is 5. The molecular formula is C19H22ClN5O2. The molecule has 1 saturated carbocycles. The first-order valence-electron chi connectivity index (χ1n) is 8.99. The Balaban J connectivity index is 1.82. The number of amides is 1. The van der Waals surface area contributed by atoms with E-state index in [9.17, 15) is 10.1 Å². The molecule has 142 valence electrons. The average Bonchev–Trinajstić information content (AvgIpc) is 3.44. The third kappa shape index (κ3) is 4.09. The van der Waals surface area contributed by atoms with E-state index in [1.807, 2.05) is 25.7 Å². The van der Waals surface area contributed by atoms with E-state index in [4.69, 9.17) is 22.9 Å². The summed E-state index contributed by atoms with van der Waals surface area (Å²) in [5.41, 5.74) is 0.940. The van der Waals surface area contributed by atoms with Crippen molar-refractivity contribution in [1.82, 2.24) is 9.88 Å². The fraction of sp³-hybridized carbons (Fsp3) is 0.579. The first kappa shape index (κ1) is 19.3. The highest BCUT2D eigenvalue weighted by Gasteiger charge is 2.34. The maximum atomic E-state index is 12.2. The molecular weight excluding hydrogens is 366 g/mol. The number of halogens is 1. The van der Waals surface area contributed by atoms with Crippen LogP contribution < -0.4 is 4.90 Å². The Labute approximate surface area is 164 Å². The maximum Gasteiger partial charge on any atom is 0.410 e. The van der Waals surface area contributed by atoms with Gasteiger partial charge in [0, 0.05) is 26.2 Å². The number of hydrogen-bond acceptors (Lipinski definition) is 5. The molecule has 7 nitrogen and oxygen atoms in total. The summed E-state index contributed by atoms with van der Waals surface area (Å²) < 4.78 is 5.42. The Bertz CT molecular complexity index is 838. The summed E-state index contributed by atoms with van der Waals surface area (Å²) in [5, 5.41) is 9.59. The van der Waals surface area contributed by atoms with Crippen LogP contribution in [0.4, 0.5) is 16.3 Å². The molecule has 1 aromatic rings. The first-order valence-corrected chi connectivity index (χ1v) is 9.36. The average molecular weight is 388 g/mol. The van der Waals surface area contributed by atoms with Gasteiger partial charge in [-0.05, 0) is 45.1 Å². The number of pyridine rings is 1. The van der Waals surface area contributed by atoms with Crippen LogP contribution in [-0.2, 0) is 4.74 Å². The standard InChI is InChI=1S/C19H22ClN5O2/c1-19(2,3)27-18(26)25-9-7-24(8-10-25)17-15(22-4)14(12-5-6-12)13(11-21)16(20)23-17/h12H,5-10H2,1-3H3. The topological polar surface area (TPSA) is 73.8 Å². The number of carbonyl (C=O) groups is 1. The van der Waals surface area contributed by atoms with Gasteiger partial charge >= 0.3 is 6.09 Å². The van der Waals surface area contributed by atoms with Gasteiger partial charge in [-0.2, -0.15) is 5.26 Å². The van der Waals surface area contributed by atoms with Crippen LogP contribution in [0.25, 0.3) is 4.85 Å². The SMILES string of the molecule is [C-]#[N+]c1c(N2CCN(C(=O)OC(C)(C)C)CC2)nc(Cl)c(C#N)c1C1CC1. The second-order valence-electron chi connectivity index (χ2n) is 7.82. The quantitative estimate of drug-likeness (QED) is 0.564. The third-order valence-corrected chi connectivity index (χ3v) is 4.86. The van der Waals surface area contributed by atoms with Gasteiger partial charge in [0.15, 0.2) is 0 Å². The monoisotopic (exact) mass is 387 g/mol.